The summed E-state index contributed by atoms with van der Waals surface area (Å²) in [6, 6.07) is 7.72. The van der Waals surface area contributed by atoms with Crippen LogP contribution < -0.4 is 5.32 Å². The second-order valence-corrected chi connectivity index (χ2v) is 4.40. The van der Waals surface area contributed by atoms with E-state index >= 15 is 0 Å². The topological polar surface area (TPSA) is 81.4 Å². The van der Waals surface area contributed by atoms with Crippen molar-refractivity contribution in [2.45, 2.75) is 6.92 Å². The van der Waals surface area contributed by atoms with E-state index < -0.39 is 18.5 Å². The predicted molar refractivity (Wildman–Crippen MR) is 71.6 cm³/mol. The van der Waals surface area contributed by atoms with E-state index in [0.29, 0.717) is 16.3 Å². The van der Waals surface area contributed by atoms with Gasteiger partial charge in [0.1, 0.15) is 0 Å². The number of benzene rings is 1. The Kier molecular flexibility index (Phi) is 4.37. The summed E-state index contributed by atoms with van der Waals surface area (Å²) in [5.41, 5.74) is 0.955. The van der Waals surface area contributed by atoms with Crippen molar-refractivity contribution in [2.24, 2.45) is 0 Å². The number of hydrogen-bond donors (Lipinski definition) is 1. The summed E-state index contributed by atoms with van der Waals surface area (Å²) in [5, 5.41) is 6.54. The maximum atomic E-state index is 11.6. The smallest absolute Gasteiger partial charge is 0.338 e. The average Bonchev–Trinajstić information content (AvgIpc) is 2.82. The molecule has 0 saturated heterocycles. The molecule has 1 N–H and O–H groups in total. The van der Waals surface area contributed by atoms with Crippen LogP contribution in [0, 0.1) is 6.92 Å². The van der Waals surface area contributed by atoms with Crippen LogP contribution in [0.5, 0.6) is 0 Å². The molecule has 0 spiro atoms. The number of hydrogen-bond acceptors (Lipinski definition) is 5. The SMILES string of the molecule is Cc1cc(NC(=O)COC(=O)c2ccc(Cl)cc2)on1. The minimum atomic E-state index is -0.606. The third-order valence-electron chi connectivity index (χ3n) is 2.30. The highest BCUT2D eigenvalue weighted by molar-refractivity contribution is 6.30. The summed E-state index contributed by atoms with van der Waals surface area (Å²) in [6.45, 7) is 1.31. The van der Waals surface area contributed by atoms with Gasteiger partial charge in [-0.25, -0.2) is 4.79 Å². The van der Waals surface area contributed by atoms with Gasteiger partial charge in [0.2, 0.25) is 5.88 Å². The number of halogens is 1. The van der Waals surface area contributed by atoms with Gasteiger partial charge in [-0.15, -0.1) is 0 Å². The van der Waals surface area contributed by atoms with Crippen LogP contribution >= 0.6 is 11.6 Å². The first-order valence-corrected chi connectivity index (χ1v) is 6.08. The van der Waals surface area contributed by atoms with Crippen molar-refractivity contribution in [1.29, 1.82) is 0 Å². The van der Waals surface area contributed by atoms with E-state index in [0.717, 1.165) is 0 Å². The van der Waals surface area contributed by atoms with Crippen molar-refractivity contribution >= 4 is 29.4 Å². The highest BCUT2D eigenvalue weighted by Gasteiger charge is 2.11. The largest absolute Gasteiger partial charge is 0.452 e. The Bertz CT molecular complexity index is 622. The Morgan fingerprint density at radius 1 is 1.35 bits per heavy atom. The standard InChI is InChI=1S/C13H11ClN2O4/c1-8-6-12(20-16-8)15-11(17)7-19-13(18)9-2-4-10(14)5-3-9/h2-6H,7H2,1H3,(H,15,17). The molecule has 0 bridgehead atoms. The van der Waals surface area contributed by atoms with Crippen molar-refractivity contribution in [3.05, 3.63) is 46.6 Å². The van der Waals surface area contributed by atoms with E-state index in [1.807, 2.05) is 0 Å². The van der Waals surface area contributed by atoms with Gasteiger partial charge in [0, 0.05) is 11.1 Å². The minimum absolute atomic E-state index is 0.204. The molecule has 2 rings (SSSR count). The Morgan fingerprint density at radius 2 is 2.05 bits per heavy atom. The summed E-state index contributed by atoms with van der Waals surface area (Å²) in [7, 11) is 0. The summed E-state index contributed by atoms with van der Waals surface area (Å²) in [4.78, 5) is 23.2. The van der Waals surface area contributed by atoms with Crippen molar-refractivity contribution in [3.63, 3.8) is 0 Å². The van der Waals surface area contributed by atoms with Crippen molar-refractivity contribution in [1.82, 2.24) is 5.16 Å². The van der Waals surface area contributed by atoms with Crippen LogP contribution in [0.2, 0.25) is 5.02 Å². The molecule has 6 nitrogen and oxygen atoms in total. The summed E-state index contributed by atoms with van der Waals surface area (Å²) in [5.74, 6) is -0.913. The van der Waals surface area contributed by atoms with Crippen molar-refractivity contribution in [3.8, 4) is 0 Å². The fraction of sp³-hybridized carbons (Fsp3) is 0.154. The van der Waals surface area contributed by atoms with Crippen molar-refractivity contribution < 1.29 is 18.8 Å². The molecule has 0 aliphatic heterocycles. The zero-order chi connectivity index (χ0) is 14.5. The van der Waals surface area contributed by atoms with E-state index in [2.05, 4.69) is 10.5 Å². The molecule has 0 atom stereocenters. The second kappa shape index (κ2) is 6.21. The molecule has 0 fully saturated rings. The van der Waals surface area contributed by atoms with E-state index in [1.54, 1.807) is 25.1 Å². The monoisotopic (exact) mass is 294 g/mol. The van der Waals surface area contributed by atoms with Crippen LogP contribution in [0.3, 0.4) is 0 Å². The number of carbonyl (C=O) groups is 2. The van der Waals surface area contributed by atoms with E-state index in [4.69, 9.17) is 20.9 Å². The number of nitrogens with one attached hydrogen (secondary N) is 1. The Morgan fingerprint density at radius 3 is 2.65 bits per heavy atom. The number of carbonyl (C=O) groups excluding carboxylic acids is 2. The first kappa shape index (κ1) is 14.1. The lowest BCUT2D eigenvalue weighted by Crippen LogP contribution is -2.20. The van der Waals surface area contributed by atoms with Crippen LogP contribution in [-0.4, -0.2) is 23.6 Å². The van der Waals surface area contributed by atoms with Gasteiger partial charge >= 0.3 is 5.97 Å². The lowest BCUT2D eigenvalue weighted by Gasteiger charge is -2.04. The van der Waals surface area contributed by atoms with Crippen LogP contribution in [0.1, 0.15) is 16.1 Å². The number of rotatable bonds is 4. The molecule has 0 aliphatic rings. The molecule has 20 heavy (non-hydrogen) atoms. The molecular weight excluding hydrogens is 284 g/mol. The number of nitrogens with zero attached hydrogens (tertiary/aromatic N) is 1. The molecular formula is C13H11ClN2O4. The van der Waals surface area contributed by atoms with Crippen molar-refractivity contribution in [2.75, 3.05) is 11.9 Å². The molecule has 104 valence electrons. The highest BCUT2D eigenvalue weighted by Crippen LogP contribution is 2.11. The Labute approximate surface area is 119 Å². The zero-order valence-electron chi connectivity index (χ0n) is 10.6. The zero-order valence-corrected chi connectivity index (χ0v) is 11.3. The number of aryl methyl sites for hydroxylation is 1. The van der Waals surface area contributed by atoms with Gasteiger partial charge in [0.25, 0.3) is 5.91 Å². The molecule has 1 heterocycles. The second-order valence-electron chi connectivity index (χ2n) is 3.96. The fourth-order valence-corrected chi connectivity index (χ4v) is 1.52. The van der Waals surface area contributed by atoms with E-state index in [9.17, 15) is 9.59 Å². The molecule has 0 radical (unpaired) electrons. The van der Waals surface area contributed by atoms with Gasteiger partial charge in [-0.3, -0.25) is 10.1 Å². The first-order valence-electron chi connectivity index (χ1n) is 5.70. The summed E-state index contributed by atoms with van der Waals surface area (Å²) >= 11 is 5.70. The van der Waals surface area contributed by atoms with Crippen LogP contribution in [0.15, 0.2) is 34.9 Å². The van der Waals surface area contributed by atoms with Crippen LogP contribution in [0.4, 0.5) is 5.88 Å². The van der Waals surface area contributed by atoms with Crippen LogP contribution in [-0.2, 0) is 9.53 Å². The number of esters is 1. The van der Waals surface area contributed by atoms with E-state index in [-0.39, 0.29) is 5.88 Å². The number of amides is 1. The summed E-state index contributed by atoms with van der Waals surface area (Å²) in [6.07, 6.45) is 0. The minimum Gasteiger partial charge on any atom is -0.452 e. The molecule has 0 aliphatic carbocycles. The van der Waals surface area contributed by atoms with Gasteiger partial charge < -0.3 is 9.26 Å². The molecule has 1 amide bonds. The third-order valence-corrected chi connectivity index (χ3v) is 2.56. The maximum Gasteiger partial charge on any atom is 0.338 e. The number of anilines is 1. The normalized spacial score (nSPS) is 10.1. The summed E-state index contributed by atoms with van der Waals surface area (Å²) < 4.78 is 9.66. The highest BCUT2D eigenvalue weighted by atomic mass is 35.5. The van der Waals surface area contributed by atoms with Gasteiger partial charge in [-0.1, -0.05) is 16.8 Å². The van der Waals surface area contributed by atoms with Gasteiger partial charge in [0.15, 0.2) is 6.61 Å². The molecule has 0 saturated carbocycles. The molecule has 2 aromatic rings. The number of aromatic nitrogens is 1. The van der Waals surface area contributed by atoms with Gasteiger partial charge in [0.05, 0.1) is 11.3 Å². The molecule has 7 heteroatoms. The van der Waals surface area contributed by atoms with Gasteiger partial charge in [-0.2, -0.15) is 0 Å². The lowest BCUT2D eigenvalue weighted by molar-refractivity contribution is -0.119. The fourth-order valence-electron chi connectivity index (χ4n) is 1.40. The Balaban J connectivity index is 1.84. The predicted octanol–water partition coefficient (Wildman–Crippen LogP) is 2.43. The average molecular weight is 295 g/mol. The molecule has 1 aromatic carbocycles. The molecule has 1 aromatic heterocycles. The quantitative estimate of drug-likeness (QED) is 0.876. The lowest BCUT2D eigenvalue weighted by atomic mass is 10.2. The maximum absolute atomic E-state index is 11.6. The van der Waals surface area contributed by atoms with E-state index in [1.165, 1.54) is 12.1 Å². The number of ether oxygens (including phenoxy) is 1. The van der Waals surface area contributed by atoms with Crippen LogP contribution in [0.25, 0.3) is 0 Å². The Hall–Kier alpha value is -2.34. The molecule has 0 unspecified atom stereocenters. The first-order chi connectivity index (χ1) is 9.54. The van der Waals surface area contributed by atoms with Gasteiger partial charge in [-0.05, 0) is 31.2 Å². The third kappa shape index (κ3) is 3.83.